The minimum absolute atomic E-state index is 0.0458. The van der Waals surface area contributed by atoms with E-state index in [0.717, 1.165) is 37.8 Å². The maximum Gasteiger partial charge on any atom is 0.219 e. The van der Waals surface area contributed by atoms with Crippen LogP contribution in [0.15, 0.2) is 0 Å². The normalized spacial score (nSPS) is 28.4. The molecule has 0 spiro atoms. The molecule has 5 heteroatoms. The van der Waals surface area contributed by atoms with Gasteiger partial charge in [-0.2, -0.15) is 4.31 Å². The molecule has 1 heterocycles. The van der Waals surface area contributed by atoms with Gasteiger partial charge >= 0.3 is 0 Å². The summed E-state index contributed by atoms with van der Waals surface area (Å²) in [6.07, 6.45) is 4.50. The van der Waals surface area contributed by atoms with Gasteiger partial charge < -0.3 is 5.32 Å². The monoisotopic (exact) mass is 358 g/mol. The van der Waals surface area contributed by atoms with Crippen molar-refractivity contribution in [3.63, 3.8) is 0 Å². The predicted octanol–water partition coefficient (Wildman–Crippen LogP) is 3.49. The summed E-state index contributed by atoms with van der Waals surface area (Å²) < 4.78 is 27.4. The molecule has 1 atom stereocenters. The molecule has 4 nitrogen and oxygen atoms in total. The Kier molecular flexibility index (Phi) is 6.09. The second kappa shape index (κ2) is 7.24. The molecule has 1 saturated carbocycles. The van der Waals surface area contributed by atoms with E-state index in [4.69, 9.17) is 0 Å². The molecule has 24 heavy (non-hydrogen) atoms. The number of nitrogens with zero attached hydrogens (tertiary/aromatic N) is 1. The lowest BCUT2D eigenvalue weighted by Crippen LogP contribution is -2.54. The van der Waals surface area contributed by atoms with Crippen molar-refractivity contribution in [1.82, 2.24) is 9.62 Å². The highest BCUT2D eigenvalue weighted by Gasteiger charge is 2.47. The van der Waals surface area contributed by atoms with Crippen molar-refractivity contribution in [1.29, 1.82) is 0 Å². The molecule has 0 bridgehead atoms. The number of rotatable bonds is 7. The van der Waals surface area contributed by atoms with E-state index in [1.165, 1.54) is 12.8 Å². The third-order valence-corrected chi connectivity index (χ3v) is 9.00. The van der Waals surface area contributed by atoms with E-state index in [1.54, 1.807) is 4.31 Å². The molecule has 1 aliphatic carbocycles. The van der Waals surface area contributed by atoms with Crippen LogP contribution in [-0.2, 0) is 10.0 Å². The summed E-state index contributed by atoms with van der Waals surface area (Å²) in [6.45, 7) is 15.8. The fourth-order valence-corrected chi connectivity index (χ4v) is 7.29. The summed E-state index contributed by atoms with van der Waals surface area (Å²) >= 11 is 0. The Labute approximate surface area is 149 Å². The molecule has 2 fully saturated rings. The van der Waals surface area contributed by atoms with Crippen LogP contribution in [0.1, 0.15) is 67.2 Å². The fourth-order valence-electron chi connectivity index (χ4n) is 5.37. The standard InChI is InChI=1S/C19H38N2O2S/c1-7-17(16-12-15(2)13-16)18(3,4)14-19(5,6)24(22,23)21-10-8-20-9-11-21/h15-17,20H,7-14H2,1-6H3. The Balaban J connectivity index is 2.13. The number of piperazine rings is 1. The zero-order valence-electron chi connectivity index (χ0n) is 16.6. The third-order valence-electron chi connectivity index (χ3n) is 6.42. The quantitative estimate of drug-likeness (QED) is 0.758. The first kappa shape index (κ1) is 20.2. The molecule has 0 aromatic heterocycles. The van der Waals surface area contributed by atoms with Gasteiger partial charge in [-0.1, -0.05) is 34.1 Å². The van der Waals surface area contributed by atoms with Crippen LogP contribution in [0.5, 0.6) is 0 Å². The molecule has 0 amide bonds. The van der Waals surface area contributed by atoms with E-state index in [0.29, 0.717) is 19.0 Å². The van der Waals surface area contributed by atoms with E-state index in [1.807, 2.05) is 13.8 Å². The van der Waals surface area contributed by atoms with E-state index < -0.39 is 14.8 Å². The molecular formula is C19H38N2O2S. The van der Waals surface area contributed by atoms with Gasteiger partial charge in [0.15, 0.2) is 0 Å². The smallest absolute Gasteiger partial charge is 0.219 e. The first-order chi connectivity index (χ1) is 11.0. The van der Waals surface area contributed by atoms with Gasteiger partial charge in [-0.25, -0.2) is 8.42 Å². The Hall–Kier alpha value is -0.130. The Morgan fingerprint density at radius 1 is 1.12 bits per heavy atom. The van der Waals surface area contributed by atoms with Crippen molar-refractivity contribution in [3.8, 4) is 0 Å². The zero-order chi connectivity index (χ0) is 18.2. The van der Waals surface area contributed by atoms with E-state index in [-0.39, 0.29) is 5.41 Å². The number of hydrogen-bond donors (Lipinski definition) is 1. The molecule has 0 aromatic rings. The molecule has 142 valence electrons. The number of hydrogen-bond acceptors (Lipinski definition) is 3. The van der Waals surface area contributed by atoms with Crippen molar-refractivity contribution >= 4 is 10.0 Å². The topological polar surface area (TPSA) is 49.4 Å². The molecule has 1 N–H and O–H groups in total. The molecule has 2 aliphatic rings. The van der Waals surface area contributed by atoms with Crippen LogP contribution in [-0.4, -0.2) is 43.6 Å². The second-order valence-electron chi connectivity index (χ2n) is 9.43. The minimum atomic E-state index is -3.27. The van der Waals surface area contributed by atoms with Crippen molar-refractivity contribution in [3.05, 3.63) is 0 Å². The number of sulfonamides is 1. The summed E-state index contributed by atoms with van der Waals surface area (Å²) in [7, 11) is -3.27. The lowest BCUT2D eigenvalue weighted by molar-refractivity contribution is 0.0357. The maximum absolute atomic E-state index is 13.2. The maximum atomic E-state index is 13.2. The summed E-state index contributed by atoms with van der Waals surface area (Å²) in [4.78, 5) is 0. The van der Waals surface area contributed by atoms with Gasteiger partial charge in [-0.05, 0) is 56.3 Å². The highest BCUT2D eigenvalue weighted by Crippen LogP contribution is 2.50. The predicted molar refractivity (Wildman–Crippen MR) is 102 cm³/mol. The summed E-state index contributed by atoms with van der Waals surface area (Å²) in [5.41, 5.74) is 0.0458. The fraction of sp³-hybridized carbons (Fsp3) is 1.00. The molecular weight excluding hydrogens is 320 g/mol. The van der Waals surface area contributed by atoms with Gasteiger partial charge in [0.05, 0.1) is 4.75 Å². The van der Waals surface area contributed by atoms with Crippen LogP contribution in [0.3, 0.4) is 0 Å². The van der Waals surface area contributed by atoms with Gasteiger partial charge in [-0.3, -0.25) is 0 Å². The van der Waals surface area contributed by atoms with Crippen LogP contribution in [0.4, 0.5) is 0 Å². The summed E-state index contributed by atoms with van der Waals surface area (Å²) in [5.74, 6) is 2.24. The van der Waals surface area contributed by atoms with Crippen LogP contribution >= 0.6 is 0 Å². The lowest BCUT2D eigenvalue weighted by atomic mass is 9.59. The highest BCUT2D eigenvalue weighted by atomic mass is 32.2. The SMILES string of the molecule is CCC(C1CC(C)C1)C(C)(C)CC(C)(C)S(=O)(=O)N1CCNCC1. The van der Waals surface area contributed by atoms with Gasteiger partial charge in [0, 0.05) is 26.2 Å². The summed E-state index contributed by atoms with van der Waals surface area (Å²) in [5, 5.41) is 3.24. The van der Waals surface area contributed by atoms with Crippen LogP contribution in [0.2, 0.25) is 0 Å². The Morgan fingerprint density at radius 2 is 1.67 bits per heavy atom. The molecule has 2 rings (SSSR count). The average Bonchev–Trinajstić information content (AvgIpc) is 2.45. The van der Waals surface area contributed by atoms with Crippen molar-refractivity contribution < 1.29 is 8.42 Å². The van der Waals surface area contributed by atoms with Crippen LogP contribution in [0, 0.1) is 23.2 Å². The second-order valence-corrected chi connectivity index (χ2v) is 12.0. The summed E-state index contributed by atoms with van der Waals surface area (Å²) in [6, 6.07) is 0. The van der Waals surface area contributed by atoms with Gasteiger partial charge in [0.25, 0.3) is 0 Å². The lowest BCUT2D eigenvalue weighted by Gasteiger charge is -2.49. The Morgan fingerprint density at radius 3 is 2.12 bits per heavy atom. The minimum Gasteiger partial charge on any atom is -0.314 e. The Bertz CT molecular complexity index is 515. The first-order valence-corrected chi connectivity index (χ1v) is 11.2. The van der Waals surface area contributed by atoms with E-state index in [2.05, 4.69) is 33.0 Å². The van der Waals surface area contributed by atoms with E-state index in [9.17, 15) is 8.42 Å². The molecule has 0 aromatic carbocycles. The average molecular weight is 359 g/mol. The van der Waals surface area contributed by atoms with Gasteiger partial charge in [0.2, 0.25) is 10.0 Å². The van der Waals surface area contributed by atoms with Crippen LogP contribution in [0.25, 0.3) is 0 Å². The number of nitrogens with one attached hydrogen (secondary N) is 1. The molecule has 1 unspecified atom stereocenters. The highest BCUT2D eigenvalue weighted by molar-refractivity contribution is 7.90. The third kappa shape index (κ3) is 3.99. The van der Waals surface area contributed by atoms with Gasteiger partial charge in [0.1, 0.15) is 0 Å². The van der Waals surface area contributed by atoms with Crippen molar-refractivity contribution in [2.45, 2.75) is 72.0 Å². The van der Waals surface area contributed by atoms with Crippen LogP contribution < -0.4 is 5.32 Å². The molecule has 1 aliphatic heterocycles. The largest absolute Gasteiger partial charge is 0.314 e. The van der Waals surface area contributed by atoms with E-state index >= 15 is 0 Å². The molecule has 0 radical (unpaired) electrons. The van der Waals surface area contributed by atoms with Crippen molar-refractivity contribution in [2.24, 2.45) is 23.2 Å². The van der Waals surface area contributed by atoms with Crippen molar-refractivity contribution in [2.75, 3.05) is 26.2 Å². The van der Waals surface area contributed by atoms with Gasteiger partial charge in [-0.15, -0.1) is 0 Å². The zero-order valence-corrected chi connectivity index (χ0v) is 17.4. The molecule has 1 saturated heterocycles. The first-order valence-electron chi connectivity index (χ1n) is 9.71.